The first kappa shape index (κ1) is 37.6. The number of carbonyl (C=O) groups is 1. The zero-order valence-corrected chi connectivity index (χ0v) is 31.3. The van der Waals surface area contributed by atoms with Gasteiger partial charge in [-0.3, -0.25) is 4.79 Å². The Kier molecular flexibility index (Phi) is 13.4. The number of anilines is 2. The van der Waals surface area contributed by atoms with Gasteiger partial charge in [0.25, 0.3) is 5.91 Å². The summed E-state index contributed by atoms with van der Waals surface area (Å²) in [5, 5.41) is 3.08. The van der Waals surface area contributed by atoms with Crippen LogP contribution in [0.4, 0.5) is 11.4 Å². The predicted octanol–water partition coefficient (Wildman–Crippen LogP) is 7.03. The van der Waals surface area contributed by atoms with Gasteiger partial charge in [-0.1, -0.05) is 31.5 Å². The van der Waals surface area contributed by atoms with Crippen LogP contribution in [0.1, 0.15) is 50.1 Å². The van der Waals surface area contributed by atoms with E-state index in [-0.39, 0.29) is 12.0 Å². The Morgan fingerprint density at radius 3 is 2.58 bits per heavy atom. The second kappa shape index (κ2) is 18.6. The molecule has 6 rings (SSSR count). The number of nitrogens with zero attached hydrogens (tertiary/aromatic N) is 3. The first-order valence-corrected chi connectivity index (χ1v) is 19.6. The molecule has 52 heavy (non-hydrogen) atoms. The molecule has 1 saturated heterocycles. The summed E-state index contributed by atoms with van der Waals surface area (Å²) in [4.78, 5) is 21.2. The van der Waals surface area contributed by atoms with Crippen LogP contribution in [0.15, 0.2) is 83.5 Å². The quantitative estimate of drug-likeness (QED) is 0.0969. The highest BCUT2D eigenvalue weighted by Gasteiger charge is 2.25. The van der Waals surface area contributed by atoms with Crippen LogP contribution in [0.3, 0.4) is 0 Å². The number of fused-ring (bicyclic) bond motifs is 1. The van der Waals surface area contributed by atoms with Crippen LogP contribution in [0.25, 0.3) is 17.2 Å². The third-order valence-electron chi connectivity index (χ3n) is 9.41. The number of hydrogen-bond acceptors (Lipinski definition) is 8. The van der Waals surface area contributed by atoms with Gasteiger partial charge in [0.2, 0.25) is 0 Å². The zero-order chi connectivity index (χ0) is 36.3. The molecule has 0 unspecified atom stereocenters. The molecule has 11 heteroatoms. The Morgan fingerprint density at radius 1 is 1.02 bits per heavy atom. The number of carbonyl (C=O) groups excluding carboxylic acids is 1. The Balaban J connectivity index is 1.16. The van der Waals surface area contributed by atoms with Crippen molar-refractivity contribution in [3.05, 3.63) is 95.6 Å². The van der Waals surface area contributed by atoms with Crippen molar-refractivity contribution >= 4 is 34.5 Å². The van der Waals surface area contributed by atoms with E-state index in [4.69, 9.17) is 18.9 Å². The van der Waals surface area contributed by atoms with E-state index in [0.717, 1.165) is 65.5 Å². The van der Waals surface area contributed by atoms with Crippen LogP contribution >= 0.6 is 0 Å². The highest BCUT2D eigenvalue weighted by Crippen LogP contribution is 2.34. The number of rotatable bonds is 16. The minimum absolute atomic E-state index is 0.0447. The van der Waals surface area contributed by atoms with Gasteiger partial charge in [0.15, 0.2) is 10.6 Å². The largest absolute Gasteiger partial charge is 0.611 e. The van der Waals surface area contributed by atoms with Gasteiger partial charge >= 0.3 is 0 Å². The van der Waals surface area contributed by atoms with Crippen molar-refractivity contribution in [3.8, 4) is 16.9 Å². The standard InChI is InChI=1S/C41H50N4O6S/c1-4-6-19-48-20-22-50-36-12-7-31(8-13-36)32-9-16-39-34(24-32)25-33(17-18-45(39)26-37-27-49-21-23-51-37)41(46)43-35-10-14-38(15-11-35)52(47)28-40-30(3)42-29-44(40)5-2/h7-16,24-25,29,37H,4-6,17-23,26-28H2,1-3H3,(H,43,46)/t37-,52+/m0/s1. The molecule has 1 fully saturated rings. The Morgan fingerprint density at radius 2 is 1.83 bits per heavy atom. The Bertz CT molecular complexity index is 1790. The smallest absolute Gasteiger partial charge is 0.251 e. The number of imidazole rings is 1. The molecule has 2 aliphatic heterocycles. The number of aryl methyl sites for hydroxylation is 2. The minimum Gasteiger partial charge on any atom is -0.611 e. The number of unbranched alkanes of at least 4 members (excludes halogenated alkanes) is 1. The molecule has 3 heterocycles. The van der Waals surface area contributed by atoms with Crippen LogP contribution < -0.4 is 15.0 Å². The number of nitrogens with one attached hydrogen (secondary N) is 1. The lowest BCUT2D eigenvalue weighted by atomic mass is 10.00. The van der Waals surface area contributed by atoms with Crippen molar-refractivity contribution in [1.29, 1.82) is 0 Å². The molecule has 2 atom stereocenters. The van der Waals surface area contributed by atoms with Crippen LogP contribution in [0.2, 0.25) is 0 Å². The van der Waals surface area contributed by atoms with Gasteiger partial charge < -0.3 is 38.3 Å². The monoisotopic (exact) mass is 726 g/mol. The normalized spacial score (nSPS) is 16.5. The SMILES string of the molecule is CCCCOCCOc1ccc(-c2ccc3c(c2)C=C(C(=O)Nc2ccc([S@+]([O-])Cc4c(C)ncn4CC)cc2)CCN3C[C@H]2COCCO2)cc1. The lowest BCUT2D eigenvalue weighted by Crippen LogP contribution is -2.40. The molecule has 2 aliphatic rings. The molecule has 10 nitrogen and oxygen atoms in total. The molecule has 1 amide bonds. The molecule has 276 valence electrons. The van der Waals surface area contributed by atoms with Crippen molar-refractivity contribution in [3.63, 3.8) is 0 Å². The Hall–Kier alpha value is -4.13. The van der Waals surface area contributed by atoms with E-state index in [1.54, 1.807) is 6.33 Å². The maximum atomic E-state index is 13.8. The molecular weight excluding hydrogens is 677 g/mol. The third kappa shape index (κ3) is 9.84. The number of aromatic nitrogens is 2. The van der Waals surface area contributed by atoms with E-state index in [1.165, 1.54) is 0 Å². The molecule has 0 bridgehead atoms. The maximum Gasteiger partial charge on any atom is 0.251 e. The highest BCUT2D eigenvalue weighted by molar-refractivity contribution is 7.90. The number of ether oxygens (including phenoxy) is 4. The van der Waals surface area contributed by atoms with Crippen LogP contribution in [-0.2, 0) is 42.5 Å². The van der Waals surface area contributed by atoms with Crippen molar-refractivity contribution in [2.24, 2.45) is 0 Å². The second-order valence-electron chi connectivity index (χ2n) is 13.1. The first-order valence-electron chi connectivity index (χ1n) is 18.3. The third-order valence-corrected chi connectivity index (χ3v) is 10.7. The topological polar surface area (TPSA) is 110 Å². The summed E-state index contributed by atoms with van der Waals surface area (Å²) in [7, 11) is 0. The predicted molar refractivity (Wildman–Crippen MR) is 206 cm³/mol. The number of benzene rings is 3. The van der Waals surface area contributed by atoms with Gasteiger partial charge in [0, 0.05) is 43.2 Å². The van der Waals surface area contributed by atoms with Crippen molar-refractivity contribution in [2.45, 2.75) is 63.3 Å². The molecule has 1 N–H and O–H groups in total. The lowest BCUT2D eigenvalue weighted by molar-refractivity contribution is -0.112. The van der Waals surface area contributed by atoms with E-state index < -0.39 is 11.2 Å². The second-order valence-corrected chi connectivity index (χ2v) is 14.5. The van der Waals surface area contributed by atoms with Crippen LogP contribution in [-0.4, -0.2) is 78.8 Å². The fourth-order valence-corrected chi connectivity index (χ4v) is 7.65. The fraction of sp³-hybridized carbons (Fsp3) is 0.415. The van der Waals surface area contributed by atoms with E-state index in [2.05, 4.69) is 52.5 Å². The van der Waals surface area contributed by atoms with Gasteiger partial charge in [-0.25, -0.2) is 4.98 Å². The average Bonchev–Trinajstić information content (AvgIpc) is 3.42. The molecule has 0 spiro atoms. The molecular formula is C41H50N4O6S. The van der Waals surface area contributed by atoms with Gasteiger partial charge in [-0.05, 0) is 109 Å². The van der Waals surface area contributed by atoms with E-state index in [9.17, 15) is 9.35 Å². The van der Waals surface area contributed by atoms with Crippen LogP contribution in [0.5, 0.6) is 5.75 Å². The average molecular weight is 727 g/mol. The van der Waals surface area contributed by atoms with Crippen molar-refractivity contribution < 1.29 is 28.3 Å². The van der Waals surface area contributed by atoms with Crippen molar-refractivity contribution in [2.75, 3.05) is 62.9 Å². The molecule has 1 aromatic heterocycles. The summed E-state index contributed by atoms with van der Waals surface area (Å²) in [6, 6.07) is 21.8. The number of amides is 1. The number of hydrogen-bond donors (Lipinski definition) is 1. The van der Waals surface area contributed by atoms with Gasteiger partial charge in [0.05, 0.1) is 50.2 Å². The minimum atomic E-state index is -1.24. The highest BCUT2D eigenvalue weighted by atomic mass is 32.2. The summed E-state index contributed by atoms with van der Waals surface area (Å²) in [5.74, 6) is 1.03. The Labute approximate surface area is 310 Å². The van der Waals surface area contributed by atoms with Gasteiger partial charge in [0.1, 0.15) is 12.4 Å². The zero-order valence-electron chi connectivity index (χ0n) is 30.5. The lowest BCUT2D eigenvalue weighted by Gasteiger charge is -2.31. The first-order chi connectivity index (χ1) is 25.4. The van der Waals surface area contributed by atoms with Gasteiger partial charge in [-0.2, -0.15) is 0 Å². The summed E-state index contributed by atoms with van der Waals surface area (Å²) < 4.78 is 38.4. The fourth-order valence-electron chi connectivity index (χ4n) is 6.42. The van der Waals surface area contributed by atoms with Gasteiger partial charge in [-0.15, -0.1) is 0 Å². The molecule has 0 saturated carbocycles. The van der Waals surface area contributed by atoms with E-state index in [0.29, 0.717) is 74.5 Å². The van der Waals surface area contributed by atoms with E-state index >= 15 is 0 Å². The summed E-state index contributed by atoms with van der Waals surface area (Å²) in [6.45, 7) is 11.8. The maximum absolute atomic E-state index is 13.8. The summed E-state index contributed by atoms with van der Waals surface area (Å²) in [6.07, 6.45) is 6.49. The summed E-state index contributed by atoms with van der Waals surface area (Å²) >= 11 is -1.24. The van der Waals surface area contributed by atoms with Crippen molar-refractivity contribution in [1.82, 2.24) is 9.55 Å². The molecule has 0 radical (unpaired) electrons. The van der Waals surface area contributed by atoms with E-state index in [1.807, 2.05) is 60.9 Å². The molecule has 0 aliphatic carbocycles. The summed E-state index contributed by atoms with van der Waals surface area (Å²) in [5.41, 5.74) is 7.32. The molecule has 4 aromatic rings. The van der Waals surface area contributed by atoms with Crippen LogP contribution in [0, 0.1) is 6.92 Å². The molecule has 3 aromatic carbocycles.